The molecule has 5 aromatic carbocycles. The lowest BCUT2D eigenvalue weighted by molar-refractivity contribution is 0.196. The summed E-state index contributed by atoms with van der Waals surface area (Å²) in [5, 5.41) is 9.98. The fourth-order valence-corrected chi connectivity index (χ4v) is 9.24. The van der Waals surface area contributed by atoms with Crippen LogP contribution in [-0.4, -0.2) is 76.3 Å². The van der Waals surface area contributed by atoms with Gasteiger partial charge >= 0.3 is 0 Å². The highest BCUT2D eigenvalue weighted by Gasteiger charge is 2.38. The number of ether oxygens (including phenoxy) is 2. The monoisotopic (exact) mass is 975 g/mol. The Kier molecular flexibility index (Phi) is 15.9. The quantitative estimate of drug-likeness (QED) is 0.0849. The van der Waals surface area contributed by atoms with Gasteiger partial charge in [-0.05, 0) is 131 Å². The molecule has 0 atom stereocenters. The van der Waals surface area contributed by atoms with Gasteiger partial charge in [-0.25, -0.2) is 38.7 Å². The van der Waals surface area contributed by atoms with Gasteiger partial charge < -0.3 is 20.5 Å². The number of rotatable bonds is 13. The van der Waals surface area contributed by atoms with E-state index in [0.717, 1.165) is 44.6 Å². The van der Waals surface area contributed by atoms with E-state index in [2.05, 4.69) is 20.2 Å². The van der Waals surface area contributed by atoms with Crippen molar-refractivity contribution >= 4 is 87.4 Å². The lowest BCUT2D eigenvalue weighted by atomic mass is 10.0. The van der Waals surface area contributed by atoms with Crippen LogP contribution in [-0.2, 0) is 6.54 Å². The minimum absolute atomic E-state index is 0. The zero-order valence-corrected chi connectivity index (χ0v) is 39.7. The smallest absolute Gasteiger partial charge is 0.246 e. The van der Waals surface area contributed by atoms with Gasteiger partial charge in [-0.15, -0.1) is 24.8 Å². The van der Waals surface area contributed by atoms with Gasteiger partial charge in [0.2, 0.25) is 11.9 Å². The summed E-state index contributed by atoms with van der Waals surface area (Å²) in [5.74, 6) is 1.10. The van der Waals surface area contributed by atoms with Gasteiger partial charge in [-0.1, -0.05) is 47.5 Å². The van der Waals surface area contributed by atoms with Gasteiger partial charge in [-0.2, -0.15) is 0 Å². The number of hydrazine groups is 1. The lowest BCUT2D eigenvalue weighted by Crippen LogP contribution is -2.59. The van der Waals surface area contributed by atoms with Crippen molar-refractivity contribution in [1.82, 2.24) is 30.2 Å². The first-order valence-corrected chi connectivity index (χ1v) is 22.6. The van der Waals surface area contributed by atoms with Gasteiger partial charge in [-0.3, -0.25) is 4.90 Å². The average Bonchev–Trinajstić information content (AvgIpc) is 3.30. The number of aromatic nitrogens is 4. The standard InChI is InChI=1S/C49H49Cl2F2N9O2.2ClH/c1-3-63-43-25-30(26-44(45(43)54)64-4-2)29-60-23-19-34(20-24-60)62(49-57-42-16-14-32(51)28-38(42)47(59-49)36-10-6-8-12-40(36)53)61(33-17-21-55-22-18-33)48-56-41-15-13-31(50)27-37(41)46(58-48)35-9-5-7-11-39(35)52;;/h5-16,25-28,33-34,55H,3-4,17-24,29,54H2,1-2H3;2*1H. The summed E-state index contributed by atoms with van der Waals surface area (Å²) in [6.45, 7) is 8.43. The van der Waals surface area contributed by atoms with Gasteiger partial charge in [0.15, 0.2) is 0 Å². The largest absolute Gasteiger partial charge is 0.492 e. The summed E-state index contributed by atoms with van der Waals surface area (Å²) in [5.41, 5.74) is 10.6. The second-order valence-electron chi connectivity index (χ2n) is 16.1. The molecule has 0 spiro atoms. The number of halogens is 6. The second kappa shape index (κ2) is 21.6. The number of anilines is 3. The molecule has 0 unspecified atom stereocenters. The van der Waals surface area contributed by atoms with E-state index < -0.39 is 11.6 Å². The number of fused-ring (bicyclic) bond motifs is 2. The van der Waals surface area contributed by atoms with Gasteiger partial charge in [0, 0.05) is 51.6 Å². The van der Waals surface area contributed by atoms with E-state index >= 15 is 8.78 Å². The van der Waals surface area contributed by atoms with Crippen LogP contribution in [0.3, 0.4) is 0 Å². The van der Waals surface area contributed by atoms with Crippen molar-refractivity contribution in [1.29, 1.82) is 0 Å². The van der Waals surface area contributed by atoms with E-state index in [1.54, 1.807) is 60.7 Å². The molecule has 2 aromatic heterocycles. The van der Waals surface area contributed by atoms with Crippen molar-refractivity contribution in [3.63, 3.8) is 0 Å². The van der Waals surface area contributed by atoms with Crippen LogP contribution >= 0.6 is 48.0 Å². The average molecular weight is 978 g/mol. The molecule has 11 nitrogen and oxygen atoms in total. The van der Waals surface area contributed by atoms with E-state index in [-0.39, 0.29) is 36.9 Å². The predicted molar refractivity (Wildman–Crippen MR) is 267 cm³/mol. The first-order valence-electron chi connectivity index (χ1n) is 21.8. The number of piperidine rings is 2. The number of hydrogen-bond donors (Lipinski definition) is 2. The van der Waals surface area contributed by atoms with E-state index in [9.17, 15) is 0 Å². The molecule has 66 heavy (non-hydrogen) atoms. The second-order valence-corrected chi connectivity index (χ2v) is 16.9. The molecule has 2 fully saturated rings. The van der Waals surface area contributed by atoms with Crippen LogP contribution in [0.2, 0.25) is 10.0 Å². The third-order valence-electron chi connectivity index (χ3n) is 11.9. The number of nitrogens with one attached hydrogen (secondary N) is 1. The first-order chi connectivity index (χ1) is 31.2. The summed E-state index contributed by atoms with van der Waals surface area (Å²) >= 11 is 13.2. The summed E-state index contributed by atoms with van der Waals surface area (Å²) in [6, 6.07) is 27.7. The number of benzene rings is 5. The van der Waals surface area contributed by atoms with E-state index in [1.165, 1.54) is 12.1 Å². The fourth-order valence-electron chi connectivity index (χ4n) is 8.90. The van der Waals surface area contributed by atoms with Crippen molar-refractivity contribution in [2.45, 2.75) is 58.2 Å². The third-order valence-corrected chi connectivity index (χ3v) is 12.4. The van der Waals surface area contributed by atoms with Gasteiger partial charge in [0.1, 0.15) is 28.8 Å². The van der Waals surface area contributed by atoms with Gasteiger partial charge in [0.05, 0.1) is 47.7 Å². The topological polar surface area (TPSA) is 118 Å². The van der Waals surface area contributed by atoms with E-state index in [1.807, 2.05) is 38.1 Å². The summed E-state index contributed by atoms with van der Waals surface area (Å²) in [6.07, 6.45) is 2.90. The summed E-state index contributed by atoms with van der Waals surface area (Å²) in [4.78, 5) is 23.4. The third kappa shape index (κ3) is 10.2. The number of hydrogen-bond acceptors (Lipinski definition) is 11. The minimum Gasteiger partial charge on any atom is -0.492 e. The molecular weight excluding hydrogens is 926 g/mol. The lowest BCUT2D eigenvalue weighted by Gasteiger charge is -2.47. The summed E-state index contributed by atoms with van der Waals surface area (Å²) in [7, 11) is 0. The Hall–Kier alpha value is -5.28. The molecule has 17 heteroatoms. The Morgan fingerprint density at radius 2 is 1.11 bits per heavy atom. The zero-order valence-electron chi connectivity index (χ0n) is 36.5. The van der Waals surface area contributed by atoms with Crippen molar-refractivity contribution in [2.24, 2.45) is 0 Å². The molecule has 3 N–H and O–H groups in total. The normalized spacial score (nSPS) is 14.7. The zero-order chi connectivity index (χ0) is 44.3. The molecule has 0 saturated carbocycles. The maximum absolute atomic E-state index is 15.9. The molecule has 9 rings (SSSR count). The maximum atomic E-state index is 15.9. The van der Waals surface area contributed by atoms with Crippen LogP contribution < -0.4 is 30.5 Å². The number of nitrogen functional groups attached to an aromatic ring is 1. The predicted octanol–water partition coefficient (Wildman–Crippen LogP) is 11.4. The highest BCUT2D eigenvalue weighted by molar-refractivity contribution is 6.31. The van der Waals surface area contributed by atoms with Crippen LogP contribution in [0, 0.1) is 11.6 Å². The SMILES string of the molecule is CCOc1cc(CN2CCC(N(c3nc(-c4ccccc4F)c4cc(Cl)ccc4n3)N(c3nc(-c4ccccc4F)c4cc(Cl)ccc4n3)C3CCNCC3)CC2)cc(OCC)c1N.Cl.Cl. The van der Waals surface area contributed by atoms with Crippen LogP contribution in [0.25, 0.3) is 44.3 Å². The van der Waals surface area contributed by atoms with Crippen LogP contribution in [0.4, 0.5) is 26.4 Å². The van der Waals surface area contributed by atoms with Crippen molar-refractivity contribution in [3.05, 3.63) is 124 Å². The first kappa shape index (κ1) is 48.6. The van der Waals surface area contributed by atoms with Crippen molar-refractivity contribution < 1.29 is 18.3 Å². The number of nitrogens with zero attached hydrogens (tertiary/aromatic N) is 7. The molecule has 346 valence electrons. The number of likely N-dealkylation sites (tertiary alicyclic amines) is 1. The molecule has 2 saturated heterocycles. The van der Waals surface area contributed by atoms with Crippen molar-refractivity contribution in [2.75, 3.05) is 55.1 Å². The molecular formula is C49H51Cl4F2N9O2. The highest BCUT2D eigenvalue weighted by Crippen LogP contribution is 2.39. The Balaban J connectivity index is 0.00000324. The molecule has 4 heterocycles. The highest BCUT2D eigenvalue weighted by atomic mass is 35.5. The molecule has 0 amide bonds. The molecule has 2 aliphatic rings. The van der Waals surface area contributed by atoms with Crippen LogP contribution in [0.1, 0.15) is 45.1 Å². The maximum Gasteiger partial charge on any atom is 0.246 e. The summed E-state index contributed by atoms with van der Waals surface area (Å²) < 4.78 is 43.6. The molecule has 0 aliphatic carbocycles. The molecule has 2 aliphatic heterocycles. The van der Waals surface area contributed by atoms with Crippen LogP contribution in [0.5, 0.6) is 11.5 Å². The molecule has 0 radical (unpaired) electrons. The molecule has 7 aromatic rings. The van der Waals surface area contributed by atoms with Crippen LogP contribution in [0.15, 0.2) is 97.1 Å². The Morgan fingerprint density at radius 1 is 0.652 bits per heavy atom. The van der Waals surface area contributed by atoms with E-state index in [0.29, 0.717) is 116 Å². The molecule has 0 bridgehead atoms. The number of nitrogens with two attached hydrogens (primary N) is 1. The van der Waals surface area contributed by atoms with E-state index in [4.69, 9.17) is 58.3 Å². The Labute approximate surface area is 405 Å². The van der Waals surface area contributed by atoms with Gasteiger partial charge in [0.25, 0.3) is 0 Å². The van der Waals surface area contributed by atoms with Crippen molar-refractivity contribution in [3.8, 4) is 34.0 Å². The minimum atomic E-state index is -0.419. The Bertz CT molecular complexity index is 2790. The fraction of sp³-hybridized carbons (Fsp3) is 0.306. The Morgan fingerprint density at radius 3 is 1.56 bits per heavy atom.